The lowest BCUT2D eigenvalue weighted by atomic mass is 10.1. The van der Waals surface area contributed by atoms with Gasteiger partial charge in [-0.25, -0.2) is 9.87 Å². The number of nitrogens with one attached hydrogen (secondary N) is 1. The van der Waals surface area contributed by atoms with Gasteiger partial charge in [-0.05, 0) is 54.1 Å². The Hall–Kier alpha value is -2.08. The molecule has 1 heterocycles. The van der Waals surface area contributed by atoms with E-state index in [9.17, 15) is 4.39 Å². The maximum Gasteiger partial charge on any atom is 0.128 e. The number of hydroxylamine groups is 1. The summed E-state index contributed by atoms with van der Waals surface area (Å²) in [6.07, 6.45) is 1.94. The van der Waals surface area contributed by atoms with Gasteiger partial charge in [-0.2, -0.15) is 0 Å². The average Bonchev–Trinajstić information content (AvgIpc) is 2.50. The van der Waals surface area contributed by atoms with E-state index in [1.165, 1.54) is 12.1 Å². The normalized spacial score (nSPS) is 12.5. The third-order valence-corrected chi connectivity index (χ3v) is 3.11. The second-order valence-electron chi connectivity index (χ2n) is 4.68. The van der Waals surface area contributed by atoms with E-state index in [-0.39, 0.29) is 18.2 Å². The van der Waals surface area contributed by atoms with Gasteiger partial charge in [-0.1, -0.05) is 0 Å². The van der Waals surface area contributed by atoms with Gasteiger partial charge in [-0.3, -0.25) is 0 Å². The van der Waals surface area contributed by atoms with Crippen LogP contribution in [-0.4, -0.2) is 18.4 Å². The standard InChI is InChI=1S/C16H14FNO3.ClH/c17-13-1-3-14(4-2-13)21-15-5-6-16-12(8-15)7-11(9-18-19)10-20-16;/h1-8,18-19H,9-10H2;1H. The summed E-state index contributed by atoms with van der Waals surface area (Å²) < 4.78 is 24.1. The van der Waals surface area contributed by atoms with Crippen LogP contribution in [0, 0.1) is 5.82 Å². The molecule has 0 spiro atoms. The summed E-state index contributed by atoms with van der Waals surface area (Å²) in [7, 11) is 0. The van der Waals surface area contributed by atoms with E-state index < -0.39 is 0 Å². The van der Waals surface area contributed by atoms with E-state index >= 15 is 0 Å². The van der Waals surface area contributed by atoms with Crippen molar-refractivity contribution in [2.75, 3.05) is 13.2 Å². The second kappa shape index (κ2) is 7.26. The molecule has 3 rings (SSSR count). The van der Waals surface area contributed by atoms with Gasteiger partial charge < -0.3 is 14.7 Å². The Morgan fingerprint density at radius 1 is 1.14 bits per heavy atom. The smallest absolute Gasteiger partial charge is 0.128 e. The maximum atomic E-state index is 12.9. The van der Waals surface area contributed by atoms with Crippen LogP contribution in [0.2, 0.25) is 0 Å². The minimum absolute atomic E-state index is 0. The lowest BCUT2D eigenvalue weighted by Crippen LogP contribution is -2.18. The van der Waals surface area contributed by atoms with Crippen molar-refractivity contribution >= 4 is 18.5 Å². The summed E-state index contributed by atoms with van der Waals surface area (Å²) in [5.41, 5.74) is 3.93. The second-order valence-corrected chi connectivity index (χ2v) is 4.68. The van der Waals surface area contributed by atoms with E-state index in [1.54, 1.807) is 18.2 Å². The molecule has 0 aliphatic carbocycles. The third kappa shape index (κ3) is 3.76. The van der Waals surface area contributed by atoms with Crippen LogP contribution in [0.1, 0.15) is 5.56 Å². The van der Waals surface area contributed by atoms with Gasteiger partial charge in [0.15, 0.2) is 0 Å². The molecule has 22 heavy (non-hydrogen) atoms. The molecule has 0 saturated heterocycles. The zero-order valence-electron chi connectivity index (χ0n) is 11.6. The summed E-state index contributed by atoms with van der Waals surface area (Å²) in [4.78, 5) is 0. The first-order chi connectivity index (χ1) is 10.2. The van der Waals surface area contributed by atoms with E-state index in [1.807, 2.05) is 18.2 Å². The third-order valence-electron chi connectivity index (χ3n) is 3.11. The first-order valence-corrected chi connectivity index (χ1v) is 6.51. The molecule has 0 aromatic heterocycles. The summed E-state index contributed by atoms with van der Waals surface area (Å²) in [5, 5.41) is 8.74. The topological polar surface area (TPSA) is 50.7 Å². The van der Waals surface area contributed by atoms with Crippen LogP contribution in [0.4, 0.5) is 4.39 Å². The minimum Gasteiger partial charge on any atom is -0.489 e. The number of ether oxygens (including phenoxy) is 2. The number of hydrogen-bond donors (Lipinski definition) is 2. The Morgan fingerprint density at radius 2 is 1.86 bits per heavy atom. The fourth-order valence-electron chi connectivity index (χ4n) is 2.11. The average molecular weight is 324 g/mol. The number of hydrogen-bond acceptors (Lipinski definition) is 4. The van der Waals surface area contributed by atoms with Crippen LogP contribution >= 0.6 is 12.4 Å². The SMILES string of the molecule is Cl.ONCC1=Cc2cc(Oc3ccc(F)cc3)ccc2OC1. The largest absolute Gasteiger partial charge is 0.489 e. The quantitative estimate of drug-likeness (QED) is 0.840. The van der Waals surface area contributed by atoms with Crippen LogP contribution in [0.25, 0.3) is 6.08 Å². The molecule has 0 amide bonds. The predicted octanol–water partition coefficient (Wildman–Crippen LogP) is 3.79. The van der Waals surface area contributed by atoms with Crippen LogP contribution in [0.5, 0.6) is 17.2 Å². The molecule has 0 bridgehead atoms. The van der Waals surface area contributed by atoms with Crippen molar-refractivity contribution in [3.05, 3.63) is 59.4 Å². The van der Waals surface area contributed by atoms with Gasteiger partial charge in [0.2, 0.25) is 0 Å². The van der Waals surface area contributed by atoms with Gasteiger partial charge in [0.05, 0.1) is 0 Å². The Labute approximate surface area is 133 Å². The van der Waals surface area contributed by atoms with Crippen LogP contribution in [0.15, 0.2) is 48.0 Å². The van der Waals surface area contributed by atoms with Gasteiger partial charge in [0.1, 0.15) is 29.7 Å². The van der Waals surface area contributed by atoms with Gasteiger partial charge in [0.25, 0.3) is 0 Å². The molecule has 6 heteroatoms. The highest BCUT2D eigenvalue weighted by Gasteiger charge is 2.12. The summed E-state index contributed by atoms with van der Waals surface area (Å²) in [6, 6.07) is 11.3. The summed E-state index contributed by atoms with van der Waals surface area (Å²) in [6.45, 7) is 0.793. The minimum atomic E-state index is -0.301. The Balaban J connectivity index is 0.00000176. The molecular formula is C16H15ClFNO3. The van der Waals surface area contributed by atoms with Crippen molar-refractivity contribution in [3.63, 3.8) is 0 Å². The van der Waals surface area contributed by atoms with Crippen molar-refractivity contribution in [3.8, 4) is 17.2 Å². The molecule has 1 aliphatic rings. The number of rotatable bonds is 4. The van der Waals surface area contributed by atoms with E-state index in [0.717, 1.165) is 16.9 Å². The molecule has 1 aliphatic heterocycles. The predicted molar refractivity (Wildman–Crippen MR) is 83.4 cm³/mol. The molecule has 0 fully saturated rings. The first-order valence-electron chi connectivity index (χ1n) is 6.51. The van der Waals surface area contributed by atoms with E-state index in [2.05, 4.69) is 5.48 Å². The first kappa shape index (κ1) is 16.3. The van der Waals surface area contributed by atoms with Gasteiger partial charge >= 0.3 is 0 Å². The molecule has 2 aromatic rings. The fourth-order valence-corrected chi connectivity index (χ4v) is 2.11. The number of halogens is 2. The van der Waals surface area contributed by atoms with E-state index in [4.69, 9.17) is 14.7 Å². The van der Waals surface area contributed by atoms with E-state index in [0.29, 0.717) is 24.7 Å². The highest BCUT2D eigenvalue weighted by Crippen LogP contribution is 2.31. The molecule has 2 N–H and O–H groups in total. The monoisotopic (exact) mass is 323 g/mol. The highest BCUT2D eigenvalue weighted by atomic mass is 35.5. The molecule has 0 radical (unpaired) electrons. The molecule has 0 atom stereocenters. The van der Waals surface area contributed by atoms with Crippen molar-refractivity contribution in [1.29, 1.82) is 0 Å². The highest BCUT2D eigenvalue weighted by molar-refractivity contribution is 5.85. The molecule has 0 saturated carbocycles. The Bertz CT molecular complexity index is 674. The molecule has 4 nitrogen and oxygen atoms in total. The maximum absolute atomic E-state index is 12.9. The van der Waals surface area contributed by atoms with Crippen LogP contribution in [0.3, 0.4) is 0 Å². The molecule has 116 valence electrons. The van der Waals surface area contributed by atoms with Crippen molar-refractivity contribution < 1.29 is 19.1 Å². The van der Waals surface area contributed by atoms with Gasteiger partial charge in [-0.15, -0.1) is 12.4 Å². The van der Waals surface area contributed by atoms with Crippen LogP contribution < -0.4 is 15.0 Å². The lowest BCUT2D eigenvalue weighted by molar-refractivity contribution is 0.173. The van der Waals surface area contributed by atoms with Crippen molar-refractivity contribution in [2.45, 2.75) is 0 Å². The van der Waals surface area contributed by atoms with Gasteiger partial charge in [0, 0.05) is 12.1 Å². The number of fused-ring (bicyclic) bond motifs is 1. The zero-order valence-corrected chi connectivity index (χ0v) is 12.4. The molecule has 2 aromatic carbocycles. The van der Waals surface area contributed by atoms with Crippen molar-refractivity contribution in [1.82, 2.24) is 5.48 Å². The number of benzene rings is 2. The Kier molecular flexibility index (Phi) is 5.38. The summed E-state index contributed by atoms with van der Waals surface area (Å²) >= 11 is 0. The molecular weight excluding hydrogens is 309 g/mol. The van der Waals surface area contributed by atoms with Crippen molar-refractivity contribution in [2.24, 2.45) is 0 Å². The zero-order chi connectivity index (χ0) is 14.7. The molecule has 0 unspecified atom stereocenters. The summed E-state index contributed by atoms with van der Waals surface area (Å²) in [5.74, 6) is 1.67. The lowest BCUT2D eigenvalue weighted by Gasteiger charge is -2.18. The Morgan fingerprint density at radius 3 is 2.59 bits per heavy atom. The van der Waals surface area contributed by atoms with Crippen LogP contribution in [-0.2, 0) is 0 Å². The fraction of sp³-hybridized carbons (Fsp3) is 0.125.